The van der Waals surface area contributed by atoms with Gasteiger partial charge in [-0.2, -0.15) is 5.10 Å². The SMILES string of the molecule is Cc1ccnc(-c2cc(C)cc(-n3cccn3)n2)c1. The third-order valence-corrected chi connectivity index (χ3v) is 2.87. The smallest absolute Gasteiger partial charge is 0.154 e. The number of hydrogen-bond donors (Lipinski definition) is 0. The minimum atomic E-state index is 0.809. The lowest BCUT2D eigenvalue weighted by molar-refractivity contribution is 0.846. The largest absolute Gasteiger partial charge is 0.255 e. The molecule has 0 aliphatic heterocycles. The lowest BCUT2D eigenvalue weighted by Crippen LogP contribution is -2.00. The quantitative estimate of drug-likeness (QED) is 0.702. The van der Waals surface area contributed by atoms with Gasteiger partial charge in [0.05, 0.1) is 11.4 Å². The minimum Gasteiger partial charge on any atom is -0.255 e. The van der Waals surface area contributed by atoms with Crippen LogP contribution < -0.4 is 0 Å². The molecular formula is C15H14N4. The van der Waals surface area contributed by atoms with E-state index in [9.17, 15) is 0 Å². The van der Waals surface area contributed by atoms with Crippen molar-refractivity contribution in [2.24, 2.45) is 0 Å². The lowest BCUT2D eigenvalue weighted by atomic mass is 10.1. The first kappa shape index (κ1) is 11.6. The van der Waals surface area contributed by atoms with Crippen molar-refractivity contribution in [2.75, 3.05) is 0 Å². The molecule has 0 radical (unpaired) electrons. The average molecular weight is 250 g/mol. The van der Waals surface area contributed by atoms with Crippen molar-refractivity contribution in [3.05, 3.63) is 60.0 Å². The van der Waals surface area contributed by atoms with Gasteiger partial charge in [0.2, 0.25) is 0 Å². The highest BCUT2D eigenvalue weighted by Crippen LogP contribution is 2.19. The van der Waals surface area contributed by atoms with Crippen LogP contribution in [0.3, 0.4) is 0 Å². The van der Waals surface area contributed by atoms with E-state index in [0.717, 1.165) is 22.8 Å². The van der Waals surface area contributed by atoms with Crippen molar-refractivity contribution in [3.8, 4) is 17.2 Å². The van der Waals surface area contributed by atoms with Crippen LogP contribution in [0.15, 0.2) is 48.9 Å². The summed E-state index contributed by atoms with van der Waals surface area (Å²) >= 11 is 0. The van der Waals surface area contributed by atoms with Gasteiger partial charge in [-0.1, -0.05) is 0 Å². The zero-order valence-corrected chi connectivity index (χ0v) is 10.9. The molecule has 3 rings (SSSR count). The molecule has 4 heteroatoms. The highest BCUT2D eigenvalue weighted by atomic mass is 15.3. The molecule has 0 atom stereocenters. The molecule has 3 aromatic rings. The van der Waals surface area contributed by atoms with E-state index < -0.39 is 0 Å². The van der Waals surface area contributed by atoms with Gasteiger partial charge in [-0.25, -0.2) is 9.67 Å². The van der Waals surface area contributed by atoms with Crippen LogP contribution in [0.1, 0.15) is 11.1 Å². The predicted molar refractivity (Wildman–Crippen MR) is 74.1 cm³/mol. The van der Waals surface area contributed by atoms with Gasteiger partial charge in [-0.05, 0) is 55.3 Å². The molecule has 0 unspecified atom stereocenters. The molecule has 0 aliphatic rings. The number of aryl methyl sites for hydroxylation is 2. The first-order valence-corrected chi connectivity index (χ1v) is 6.14. The summed E-state index contributed by atoms with van der Waals surface area (Å²) in [6, 6.07) is 9.94. The van der Waals surface area contributed by atoms with Crippen LogP contribution in [0.4, 0.5) is 0 Å². The molecule has 0 aliphatic carbocycles. The molecule has 4 nitrogen and oxygen atoms in total. The van der Waals surface area contributed by atoms with Crippen LogP contribution in [-0.2, 0) is 0 Å². The molecule has 0 saturated carbocycles. The lowest BCUT2D eigenvalue weighted by Gasteiger charge is -2.07. The summed E-state index contributed by atoms with van der Waals surface area (Å²) in [4.78, 5) is 9.01. The zero-order chi connectivity index (χ0) is 13.2. The third-order valence-electron chi connectivity index (χ3n) is 2.87. The highest BCUT2D eigenvalue weighted by molar-refractivity contribution is 5.57. The van der Waals surface area contributed by atoms with Crippen LogP contribution in [0.2, 0.25) is 0 Å². The Labute approximate surface area is 111 Å². The first-order chi connectivity index (χ1) is 9.22. The van der Waals surface area contributed by atoms with E-state index in [0.29, 0.717) is 0 Å². The monoisotopic (exact) mass is 250 g/mol. The Hall–Kier alpha value is -2.49. The number of hydrogen-bond acceptors (Lipinski definition) is 3. The summed E-state index contributed by atoms with van der Waals surface area (Å²) in [6.07, 6.45) is 5.44. The zero-order valence-electron chi connectivity index (χ0n) is 10.9. The van der Waals surface area contributed by atoms with Crippen LogP contribution in [-0.4, -0.2) is 19.7 Å². The Morgan fingerprint density at radius 2 is 1.79 bits per heavy atom. The summed E-state index contributed by atoms with van der Waals surface area (Å²) in [6.45, 7) is 4.10. The fourth-order valence-corrected chi connectivity index (χ4v) is 1.98. The van der Waals surface area contributed by atoms with Gasteiger partial charge in [0.15, 0.2) is 5.82 Å². The van der Waals surface area contributed by atoms with Gasteiger partial charge >= 0.3 is 0 Å². The summed E-state index contributed by atoms with van der Waals surface area (Å²) < 4.78 is 1.76. The van der Waals surface area contributed by atoms with Gasteiger partial charge in [0.25, 0.3) is 0 Å². The van der Waals surface area contributed by atoms with E-state index in [1.165, 1.54) is 5.56 Å². The third kappa shape index (κ3) is 2.38. The Kier molecular flexibility index (Phi) is 2.83. The Morgan fingerprint density at radius 3 is 2.53 bits per heavy atom. The maximum Gasteiger partial charge on any atom is 0.154 e. The highest BCUT2D eigenvalue weighted by Gasteiger charge is 2.06. The van der Waals surface area contributed by atoms with Gasteiger partial charge in [0.1, 0.15) is 0 Å². The number of rotatable bonds is 2. The van der Waals surface area contributed by atoms with Gasteiger partial charge in [0, 0.05) is 18.6 Å². The van der Waals surface area contributed by atoms with Gasteiger partial charge < -0.3 is 0 Å². The van der Waals surface area contributed by atoms with Gasteiger partial charge in [-0.15, -0.1) is 0 Å². The fourth-order valence-electron chi connectivity index (χ4n) is 1.98. The molecule has 0 spiro atoms. The van der Waals surface area contributed by atoms with Crippen molar-refractivity contribution >= 4 is 0 Å². The summed E-state index contributed by atoms with van der Waals surface area (Å²) in [5.41, 5.74) is 4.07. The second kappa shape index (κ2) is 4.65. The molecule has 0 aromatic carbocycles. The molecule has 19 heavy (non-hydrogen) atoms. The van der Waals surface area contributed by atoms with Crippen LogP contribution in [0, 0.1) is 13.8 Å². The van der Waals surface area contributed by atoms with Crippen LogP contribution >= 0.6 is 0 Å². The molecular weight excluding hydrogens is 236 g/mol. The molecule has 3 aromatic heterocycles. The van der Waals surface area contributed by atoms with Crippen LogP contribution in [0.5, 0.6) is 0 Å². The van der Waals surface area contributed by atoms with E-state index in [-0.39, 0.29) is 0 Å². The maximum atomic E-state index is 4.63. The molecule has 0 N–H and O–H groups in total. The summed E-state index contributed by atoms with van der Waals surface area (Å²) in [5.74, 6) is 0.809. The van der Waals surface area contributed by atoms with Crippen LogP contribution in [0.25, 0.3) is 17.2 Å². The predicted octanol–water partition coefficient (Wildman–Crippen LogP) is 2.95. The van der Waals surface area contributed by atoms with E-state index in [4.69, 9.17) is 0 Å². The van der Waals surface area contributed by atoms with Crippen molar-refractivity contribution < 1.29 is 0 Å². The Bertz CT molecular complexity index is 702. The number of aromatic nitrogens is 4. The second-order valence-electron chi connectivity index (χ2n) is 4.56. The second-order valence-corrected chi connectivity index (χ2v) is 4.56. The van der Waals surface area contributed by atoms with Crippen molar-refractivity contribution in [3.63, 3.8) is 0 Å². The van der Waals surface area contributed by atoms with E-state index in [1.807, 2.05) is 49.6 Å². The molecule has 0 amide bonds. The summed E-state index contributed by atoms with van der Waals surface area (Å²) in [5, 5.41) is 4.21. The molecule has 0 bridgehead atoms. The van der Waals surface area contributed by atoms with Gasteiger partial charge in [-0.3, -0.25) is 4.98 Å². The van der Waals surface area contributed by atoms with Crippen molar-refractivity contribution in [1.29, 1.82) is 0 Å². The average Bonchev–Trinajstić information content (AvgIpc) is 2.92. The molecule has 0 saturated heterocycles. The van der Waals surface area contributed by atoms with Crippen molar-refractivity contribution in [2.45, 2.75) is 13.8 Å². The number of nitrogens with zero attached hydrogens (tertiary/aromatic N) is 4. The maximum absolute atomic E-state index is 4.63. The molecule has 0 fully saturated rings. The normalized spacial score (nSPS) is 10.6. The summed E-state index contributed by atoms with van der Waals surface area (Å²) in [7, 11) is 0. The topological polar surface area (TPSA) is 43.6 Å². The van der Waals surface area contributed by atoms with E-state index in [1.54, 1.807) is 10.9 Å². The molecule has 94 valence electrons. The molecule has 3 heterocycles. The first-order valence-electron chi connectivity index (χ1n) is 6.14. The standard InChI is InChI=1S/C15H14N4/c1-11-4-6-16-13(8-11)14-9-12(2)10-15(18-14)19-7-3-5-17-19/h3-10H,1-2H3. The number of pyridine rings is 2. The fraction of sp³-hybridized carbons (Fsp3) is 0.133. The Balaban J connectivity index is 2.12. The Morgan fingerprint density at radius 1 is 0.947 bits per heavy atom. The van der Waals surface area contributed by atoms with Crippen molar-refractivity contribution in [1.82, 2.24) is 19.7 Å². The van der Waals surface area contributed by atoms with E-state index in [2.05, 4.69) is 22.0 Å². The minimum absolute atomic E-state index is 0.809. The van der Waals surface area contributed by atoms with E-state index >= 15 is 0 Å².